The van der Waals surface area contributed by atoms with Crippen molar-refractivity contribution < 1.29 is 34.0 Å². The normalized spacial score (nSPS) is 26.8. The first-order valence-corrected chi connectivity index (χ1v) is 10.2. The highest BCUT2D eigenvalue weighted by atomic mass is 35.6. The van der Waals surface area contributed by atoms with Crippen LogP contribution in [-0.2, 0) is 25.6 Å². The molecule has 3 N–H and O–H groups in total. The molecule has 0 radical (unpaired) electrons. The fourth-order valence-electron chi connectivity index (χ4n) is 2.82. The zero-order valence-corrected chi connectivity index (χ0v) is 18.2. The molecule has 1 amide bonds. The number of ether oxygens (including phenoxy) is 4. The molecule has 1 aromatic carbocycles. The van der Waals surface area contributed by atoms with Gasteiger partial charge in [-0.2, -0.15) is 0 Å². The van der Waals surface area contributed by atoms with Crippen LogP contribution in [0.5, 0.6) is 0 Å². The van der Waals surface area contributed by atoms with E-state index in [0.29, 0.717) is 0 Å². The van der Waals surface area contributed by atoms with Gasteiger partial charge in [0.15, 0.2) is 6.29 Å². The molecule has 5 atom stereocenters. The summed E-state index contributed by atoms with van der Waals surface area (Å²) in [6.07, 6.45) is -3.74. The first-order chi connectivity index (χ1) is 14.2. The number of aliphatic hydroxyl groups excluding tert-OH is 2. The fraction of sp³-hybridized carbons (Fsp3) is 0.526. The number of carbonyl (C=O) groups is 1. The van der Waals surface area contributed by atoms with Crippen LogP contribution in [0.2, 0.25) is 0 Å². The van der Waals surface area contributed by atoms with Crippen LogP contribution in [-0.4, -0.2) is 70.6 Å². The van der Waals surface area contributed by atoms with Crippen molar-refractivity contribution in [3.8, 4) is 0 Å². The van der Waals surface area contributed by atoms with Gasteiger partial charge in [0.1, 0.15) is 31.0 Å². The molecule has 1 aromatic rings. The van der Waals surface area contributed by atoms with E-state index in [1.165, 1.54) is 6.08 Å². The van der Waals surface area contributed by atoms with Gasteiger partial charge in [0.25, 0.3) is 0 Å². The van der Waals surface area contributed by atoms with E-state index in [-0.39, 0.29) is 13.2 Å². The lowest BCUT2D eigenvalue weighted by Crippen LogP contribution is -2.65. The molecule has 1 aliphatic rings. The molecule has 1 fully saturated rings. The standard InChI is InChI=1S/C19H24Cl3NO7/c1-2-8-27-17-14(23-18(26)29-11-19(20,21)22)15(25)16(13(9-24)30-17)28-10-12-6-4-3-5-7-12/h2-7,13-17,24-25H,1,8-11H2,(H,23,26)/t13-,14-,15-,16-,17+/m1/s1. The maximum Gasteiger partial charge on any atom is 0.407 e. The Bertz CT molecular complexity index is 674. The Labute approximate surface area is 189 Å². The fourth-order valence-corrected chi connectivity index (χ4v) is 2.99. The second kappa shape index (κ2) is 12.1. The van der Waals surface area contributed by atoms with E-state index in [1.54, 1.807) is 0 Å². The topological polar surface area (TPSA) is 106 Å². The van der Waals surface area contributed by atoms with Crippen molar-refractivity contribution in [3.05, 3.63) is 48.6 Å². The van der Waals surface area contributed by atoms with Gasteiger partial charge < -0.3 is 34.5 Å². The van der Waals surface area contributed by atoms with Crippen molar-refractivity contribution in [2.75, 3.05) is 19.8 Å². The lowest BCUT2D eigenvalue weighted by atomic mass is 9.96. The molecule has 168 valence electrons. The van der Waals surface area contributed by atoms with E-state index in [4.69, 9.17) is 53.8 Å². The minimum atomic E-state index is -1.79. The highest BCUT2D eigenvalue weighted by Gasteiger charge is 2.47. The summed E-state index contributed by atoms with van der Waals surface area (Å²) < 4.78 is 20.1. The molecular weight excluding hydrogens is 461 g/mol. The zero-order chi connectivity index (χ0) is 22.1. The lowest BCUT2D eigenvalue weighted by Gasteiger charge is -2.43. The summed E-state index contributed by atoms with van der Waals surface area (Å²) in [5.41, 5.74) is 0.859. The number of nitrogens with one attached hydrogen (secondary N) is 1. The van der Waals surface area contributed by atoms with Crippen molar-refractivity contribution in [1.82, 2.24) is 5.32 Å². The molecule has 0 spiro atoms. The minimum absolute atomic E-state index is 0.0758. The van der Waals surface area contributed by atoms with Gasteiger partial charge in [-0.1, -0.05) is 71.2 Å². The number of alkyl halides is 3. The van der Waals surface area contributed by atoms with Gasteiger partial charge in [-0.15, -0.1) is 6.58 Å². The van der Waals surface area contributed by atoms with Crippen LogP contribution in [0.15, 0.2) is 43.0 Å². The van der Waals surface area contributed by atoms with Gasteiger partial charge in [-0.25, -0.2) is 4.79 Å². The molecule has 30 heavy (non-hydrogen) atoms. The number of hydrogen-bond donors (Lipinski definition) is 3. The monoisotopic (exact) mass is 483 g/mol. The maximum absolute atomic E-state index is 12.1. The number of amides is 1. The molecule has 0 saturated carbocycles. The van der Waals surface area contributed by atoms with Gasteiger partial charge in [0.05, 0.1) is 19.8 Å². The largest absolute Gasteiger partial charge is 0.445 e. The van der Waals surface area contributed by atoms with Crippen LogP contribution in [0.25, 0.3) is 0 Å². The molecule has 0 aromatic heterocycles. The third kappa shape index (κ3) is 7.86. The van der Waals surface area contributed by atoms with E-state index in [2.05, 4.69) is 11.9 Å². The molecule has 0 unspecified atom stereocenters. The van der Waals surface area contributed by atoms with Crippen LogP contribution in [0, 0.1) is 0 Å². The number of benzene rings is 1. The second-order valence-electron chi connectivity index (χ2n) is 6.46. The Hall–Kier alpha value is -1.10. The van der Waals surface area contributed by atoms with Crippen LogP contribution in [0.1, 0.15) is 5.56 Å². The first kappa shape index (κ1) is 25.2. The number of carbonyl (C=O) groups excluding carboxylic acids is 1. The average molecular weight is 485 g/mol. The van der Waals surface area contributed by atoms with Crippen LogP contribution in [0.3, 0.4) is 0 Å². The highest BCUT2D eigenvalue weighted by molar-refractivity contribution is 6.67. The number of rotatable bonds is 9. The molecule has 0 bridgehead atoms. The quantitative estimate of drug-likeness (QED) is 0.365. The Morgan fingerprint density at radius 1 is 1.27 bits per heavy atom. The van der Waals surface area contributed by atoms with E-state index in [1.807, 2.05) is 30.3 Å². The maximum atomic E-state index is 12.1. The Balaban J connectivity index is 2.10. The minimum Gasteiger partial charge on any atom is -0.445 e. The van der Waals surface area contributed by atoms with Gasteiger partial charge in [0, 0.05) is 0 Å². The number of halogens is 3. The van der Waals surface area contributed by atoms with Crippen LogP contribution in [0.4, 0.5) is 4.79 Å². The van der Waals surface area contributed by atoms with Crippen molar-refractivity contribution in [2.24, 2.45) is 0 Å². The average Bonchev–Trinajstić information content (AvgIpc) is 2.72. The predicted molar refractivity (Wildman–Crippen MR) is 111 cm³/mol. The molecule has 8 nitrogen and oxygen atoms in total. The molecule has 11 heteroatoms. The summed E-state index contributed by atoms with van der Waals surface area (Å²) in [5.74, 6) is 0. The lowest BCUT2D eigenvalue weighted by molar-refractivity contribution is -0.276. The van der Waals surface area contributed by atoms with Crippen molar-refractivity contribution in [2.45, 2.75) is 41.0 Å². The van der Waals surface area contributed by atoms with Gasteiger partial charge in [-0.3, -0.25) is 0 Å². The summed E-state index contributed by atoms with van der Waals surface area (Å²) in [5, 5.41) is 23.0. The van der Waals surface area contributed by atoms with Gasteiger partial charge in [-0.05, 0) is 5.56 Å². The SMILES string of the molecule is C=CCO[C@H]1O[C@H](CO)[C@@H](OCc2ccccc2)[C@H](O)[C@H]1NC(=O)OCC(Cl)(Cl)Cl. The smallest absolute Gasteiger partial charge is 0.407 e. The third-order valence-electron chi connectivity index (χ3n) is 4.17. The summed E-state index contributed by atoms with van der Waals surface area (Å²) in [6, 6.07) is 8.17. The third-order valence-corrected chi connectivity index (χ3v) is 4.50. The van der Waals surface area contributed by atoms with E-state index < -0.39 is 53.7 Å². The second-order valence-corrected chi connectivity index (χ2v) is 8.98. The molecular formula is C19H24Cl3NO7. The Morgan fingerprint density at radius 2 is 1.97 bits per heavy atom. The molecule has 0 aliphatic carbocycles. The number of hydrogen-bond acceptors (Lipinski definition) is 7. The van der Waals surface area contributed by atoms with E-state index >= 15 is 0 Å². The molecule has 1 heterocycles. The Kier molecular flexibility index (Phi) is 10.1. The van der Waals surface area contributed by atoms with Crippen molar-refractivity contribution in [3.63, 3.8) is 0 Å². The Morgan fingerprint density at radius 3 is 2.57 bits per heavy atom. The van der Waals surface area contributed by atoms with E-state index in [0.717, 1.165) is 5.56 Å². The number of aliphatic hydroxyl groups is 2. The highest BCUT2D eigenvalue weighted by Crippen LogP contribution is 2.27. The van der Waals surface area contributed by atoms with E-state index in [9.17, 15) is 15.0 Å². The van der Waals surface area contributed by atoms with Crippen molar-refractivity contribution in [1.29, 1.82) is 0 Å². The zero-order valence-electron chi connectivity index (χ0n) is 16.0. The van der Waals surface area contributed by atoms with Crippen LogP contribution >= 0.6 is 34.8 Å². The van der Waals surface area contributed by atoms with Crippen LogP contribution < -0.4 is 5.32 Å². The van der Waals surface area contributed by atoms with Gasteiger partial charge in [0.2, 0.25) is 3.79 Å². The summed E-state index contributed by atoms with van der Waals surface area (Å²) in [7, 11) is 0. The van der Waals surface area contributed by atoms with Crippen molar-refractivity contribution >= 4 is 40.9 Å². The molecule has 2 rings (SSSR count). The molecule has 1 saturated heterocycles. The first-order valence-electron chi connectivity index (χ1n) is 9.07. The summed E-state index contributed by atoms with van der Waals surface area (Å²) in [6.45, 7) is 2.85. The predicted octanol–water partition coefficient (Wildman–Crippen LogP) is 2.32. The summed E-state index contributed by atoms with van der Waals surface area (Å²) >= 11 is 16.7. The summed E-state index contributed by atoms with van der Waals surface area (Å²) in [4.78, 5) is 12.1. The molecule has 1 aliphatic heterocycles. The van der Waals surface area contributed by atoms with Gasteiger partial charge >= 0.3 is 6.09 Å². The number of alkyl carbamates (subject to hydrolysis) is 1.